The fourth-order valence-corrected chi connectivity index (χ4v) is 2.43. The molecule has 2 rings (SSSR count). The second kappa shape index (κ2) is 10.3. The van der Waals surface area contributed by atoms with E-state index in [-0.39, 0.29) is 0 Å². The molecule has 0 heterocycles. The van der Waals surface area contributed by atoms with Crippen molar-refractivity contribution in [3.05, 3.63) is 53.1 Å². The average molecular weight is 351 g/mol. The Bertz CT molecular complexity index is 613. The van der Waals surface area contributed by atoms with E-state index in [1.165, 1.54) is 0 Å². The van der Waals surface area contributed by atoms with Gasteiger partial charge in [0.25, 0.3) is 0 Å². The van der Waals surface area contributed by atoms with E-state index >= 15 is 0 Å². The topological polar surface area (TPSA) is 36.9 Å². The van der Waals surface area contributed by atoms with Gasteiger partial charge in [-0.05, 0) is 41.0 Å². The third kappa shape index (κ3) is 5.80. The van der Waals surface area contributed by atoms with Gasteiger partial charge < -0.3 is 18.9 Å². The highest BCUT2D eigenvalue weighted by Crippen LogP contribution is 2.29. The van der Waals surface area contributed by atoms with E-state index in [4.69, 9.17) is 30.5 Å². The van der Waals surface area contributed by atoms with E-state index in [9.17, 15) is 0 Å². The molecule has 4 nitrogen and oxygen atoms in total. The van der Waals surface area contributed by atoms with Crippen molar-refractivity contribution < 1.29 is 18.9 Å². The number of ether oxygens (including phenoxy) is 4. The van der Waals surface area contributed by atoms with Crippen molar-refractivity contribution >= 4 is 11.6 Å². The summed E-state index contributed by atoms with van der Waals surface area (Å²) in [5, 5.41) is 0.723. The Labute approximate surface area is 148 Å². The number of halogens is 1. The largest absolute Gasteiger partial charge is 0.491 e. The van der Waals surface area contributed by atoms with Crippen molar-refractivity contribution in [1.29, 1.82) is 0 Å². The lowest BCUT2D eigenvalue weighted by Crippen LogP contribution is -2.10. The summed E-state index contributed by atoms with van der Waals surface area (Å²) in [5.74, 6) is 0.801. The van der Waals surface area contributed by atoms with Crippen molar-refractivity contribution in [2.75, 3.05) is 40.6 Å². The maximum atomic E-state index is 5.96. The summed E-state index contributed by atoms with van der Waals surface area (Å²) in [5.41, 5.74) is 3.27. The number of methoxy groups -OCH3 is 2. The zero-order chi connectivity index (χ0) is 17.2. The first-order chi connectivity index (χ1) is 11.7. The molecule has 0 saturated heterocycles. The van der Waals surface area contributed by atoms with E-state index in [0.29, 0.717) is 33.0 Å². The highest BCUT2D eigenvalue weighted by atomic mass is 35.5. The molecule has 0 N–H and O–H groups in total. The number of benzene rings is 2. The van der Waals surface area contributed by atoms with Gasteiger partial charge in [-0.3, -0.25) is 0 Å². The summed E-state index contributed by atoms with van der Waals surface area (Å²) >= 11 is 5.96. The Balaban J connectivity index is 2.02. The third-order valence-electron chi connectivity index (χ3n) is 3.46. The van der Waals surface area contributed by atoms with Gasteiger partial charge in [0.05, 0.1) is 26.4 Å². The van der Waals surface area contributed by atoms with Crippen LogP contribution in [-0.4, -0.2) is 40.6 Å². The summed E-state index contributed by atoms with van der Waals surface area (Å²) in [6.07, 6.45) is 0. The molecule has 0 radical (unpaired) electrons. The predicted octanol–water partition coefficient (Wildman–Crippen LogP) is 4.20. The zero-order valence-electron chi connectivity index (χ0n) is 14.1. The molecule has 0 aliphatic carbocycles. The van der Waals surface area contributed by atoms with Gasteiger partial charge in [-0.15, -0.1) is 0 Å². The molecule has 0 atom stereocenters. The summed E-state index contributed by atoms with van der Waals surface area (Å²) < 4.78 is 21.4. The molecule has 2 aromatic carbocycles. The molecule has 0 fully saturated rings. The molecule has 0 amide bonds. The van der Waals surface area contributed by atoms with Crippen molar-refractivity contribution in [2.45, 2.75) is 6.61 Å². The van der Waals surface area contributed by atoms with Crippen LogP contribution < -0.4 is 4.74 Å². The van der Waals surface area contributed by atoms with Gasteiger partial charge >= 0.3 is 0 Å². The highest BCUT2D eigenvalue weighted by Gasteiger charge is 2.07. The minimum absolute atomic E-state index is 0.496. The Morgan fingerprint density at radius 3 is 2.29 bits per heavy atom. The maximum Gasteiger partial charge on any atom is 0.119 e. The first-order valence-electron chi connectivity index (χ1n) is 7.82. The van der Waals surface area contributed by atoms with Crippen molar-refractivity contribution in [3.63, 3.8) is 0 Å². The zero-order valence-corrected chi connectivity index (χ0v) is 14.8. The van der Waals surface area contributed by atoms with E-state index in [1.807, 2.05) is 42.5 Å². The van der Waals surface area contributed by atoms with Crippen LogP contribution in [0.2, 0.25) is 5.02 Å². The van der Waals surface area contributed by atoms with Gasteiger partial charge in [-0.2, -0.15) is 0 Å². The third-order valence-corrected chi connectivity index (χ3v) is 3.71. The molecule has 5 heteroatoms. The number of hydrogen-bond acceptors (Lipinski definition) is 4. The summed E-state index contributed by atoms with van der Waals surface area (Å²) in [6, 6.07) is 13.8. The highest BCUT2D eigenvalue weighted by molar-refractivity contribution is 6.30. The number of rotatable bonds is 10. The fraction of sp³-hybridized carbons (Fsp3) is 0.368. The molecule has 0 unspecified atom stereocenters. The van der Waals surface area contributed by atoms with Crippen LogP contribution in [0.25, 0.3) is 11.1 Å². The molecular weight excluding hydrogens is 328 g/mol. The Morgan fingerprint density at radius 1 is 0.833 bits per heavy atom. The van der Waals surface area contributed by atoms with Crippen LogP contribution in [-0.2, 0) is 20.8 Å². The average Bonchev–Trinajstić information content (AvgIpc) is 2.59. The molecule has 0 aromatic heterocycles. The van der Waals surface area contributed by atoms with E-state index in [2.05, 4.69) is 0 Å². The van der Waals surface area contributed by atoms with Gasteiger partial charge in [0.2, 0.25) is 0 Å². The number of hydrogen-bond donors (Lipinski definition) is 0. The van der Waals surface area contributed by atoms with Crippen molar-refractivity contribution in [2.24, 2.45) is 0 Å². The molecule has 0 aliphatic rings. The summed E-state index contributed by atoms with van der Waals surface area (Å²) in [4.78, 5) is 0. The Kier molecular flexibility index (Phi) is 8.05. The van der Waals surface area contributed by atoms with Crippen LogP contribution in [0, 0.1) is 0 Å². The molecule has 130 valence electrons. The SMILES string of the molecule is COCCOCCOc1ccc(-c2ccc(Cl)cc2)c(COC)c1. The van der Waals surface area contributed by atoms with E-state index < -0.39 is 0 Å². The quantitative estimate of drug-likeness (QED) is 0.602. The minimum atomic E-state index is 0.496. The molecular formula is C19H23ClO4. The van der Waals surface area contributed by atoms with E-state index in [0.717, 1.165) is 27.5 Å². The van der Waals surface area contributed by atoms with Crippen molar-refractivity contribution in [1.82, 2.24) is 0 Å². The molecule has 0 aliphatic heterocycles. The van der Waals surface area contributed by atoms with Crippen LogP contribution >= 0.6 is 11.6 Å². The van der Waals surface area contributed by atoms with Crippen molar-refractivity contribution in [3.8, 4) is 16.9 Å². The monoisotopic (exact) mass is 350 g/mol. The van der Waals surface area contributed by atoms with Crippen LogP contribution in [0.1, 0.15) is 5.56 Å². The molecule has 24 heavy (non-hydrogen) atoms. The van der Waals surface area contributed by atoms with Gasteiger partial charge in [0.15, 0.2) is 0 Å². The van der Waals surface area contributed by atoms with Crippen LogP contribution in [0.3, 0.4) is 0 Å². The lowest BCUT2D eigenvalue weighted by Gasteiger charge is -2.13. The maximum absolute atomic E-state index is 5.96. The minimum Gasteiger partial charge on any atom is -0.491 e. The molecule has 0 spiro atoms. The van der Waals surface area contributed by atoms with Gasteiger partial charge in [0.1, 0.15) is 12.4 Å². The first kappa shape index (κ1) is 18.7. The molecule has 0 bridgehead atoms. The molecule has 2 aromatic rings. The Morgan fingerprint density at radius 2 is 1.58 bits per heavy atom. The molecule has 0 saturated carbocycles. The first-order valence-corrected chi connectivity index (χ1v) is 8.19. The fourth-order valence-electron chi connectivity index (χ4n) is 2.31. The van der Waals surface area contributed by atoms with Gasteiger partial charge in [-0.25, -0.2) is 0 Å². The van der Waals surface area contributed by atoms with Crippen LogP contribution in [0.5, 0.6) is 5.75 Å². The predicted molar refractivity (Wildman–Crippen MR) is 95.8 cm³/mol. The van der Waals surface area contributed by atoms with Gasteiger partial charge in [-0.1, -0.05) is 29.8 Å². The summed E-state index contributed by atoms with van der Waals surface area (Å²) in [6.45, 7) is 2.70. The standard InChI is InChI=1S/C19H23ClO4/c1-21-9-10-23-11-12-24-18-7-8-19(16(13-18)14-22-2)15-3-5-17(20)6-4-15/h3-8,13H,9-12,14H2,1-2H3. The smallest absolute Gasteiger partial charge is 0.119 e. The normalized spacial score (nSPS) is 10.8. The second-order valence-electron chi connectivity index (χ2n) is 5.21. The Hall–Kier alpha value is -1.59. The van der Waals surface area contributed by atoms with Gasteiger partial charge in [0, 0.05) is 19.2 Å². The van der Waals surface area contributed by atoms with Crippen LogP contribution in [0.4, 0.5) is 0 Å². The summed E-state index contributed by atoms with van der Waals surface area (Å²) in [7, 11) is 3.34. The lowest BCUT2D eigenvalue weighted by molar-refractivity contribution is 0.0544. The lowest BCUT2D eigenvalue weighted by atomic mass is 10.00. The van der Waals surface area contributed by atoms with E-state index in [1.54, 1.807) is 14.2 Å². The second-order valence-corrected chi connectivity index (χ2v) is 5.65. The van der Waals surface area contributed by atoms with Crippen LogP contribution in [0.15, 0.2) is 42.5 Å².